The minimum absolute atomic E-state index is 0.0710. The summed E-state index contributed by atoms with van der Waals surface area (Å²) in [5, 5.41) is 0.244. The van der Waals surface area contributed by atoms with E-state index in [9.17, 15) is 4.39 Å². The smallest absolute Gasteiger partial charge is 0.143 e. The summed E-state index contributed by atoms with van der Waals surface area (Å²) in [5.74, 6) is 0.104. The van der Waals surface area contributed by atoms with Crippen molar-refractivity contribution < 1.29 is 4.39 Å². The molecule has 1 aromatic heterocycles. The molecule has 0 aliphatic rings. The second-order valence-electron chi connectivity index (χ2n) is 4.63. The van der Waals surface area contributed by atoms with E-state index in [1.54, 1.807) is 23.6 Å². The third-order valence-electron chi connectivity index (χ3n) is 3.18. The predicted molar refractivity (Wildman–Crippen MR) is 85.3 cm³/mol. The summed E-state index contributed by atoms with van der Waals surface area (Å²) >= 11 is 18.1. The van der Waals surface area contributed by atoms with Gasteiger partial charge >= 0.3 is 0 Å². The lowest BCUT2D eigenvalue weighted by Gasteiger charge is -2.11. The molecule has 1 heterocycles. The molecule has 2 nitrogen and oxygen atoms in total. The topological polar surface area (TPSA) is 17.8 Å². The van der Waals surface area contributed by atoms with Crippen LogP contribution in [-0.2, 0) is 0 Å². The van der Waals surface area contributed by atoms with E-state index in [1.807, 2.05) is 12.1 Å². The zero-order valence-corrected chi connectivity index (χ0v) is 13.2. The van der Waals surface area contributed by atoms with Crippen molar-refractivity contribution in [3.63, 3.8) is 0 Å². The van der Waals surface area contributed by atoms with Crippen LogP contribution in [0.25, 0.3) is 16.7 Å². The lowest BCUT2D eigenvalue weighted by molar-refractivity contribution is 0.627. The van der Waals surface area contributed by atoms with E-state index in [2.05, 4.69) is 4.98 Å². The molecule has 2 aromatic carbocycles. The predicted octanol–water partition coefficient (Wildman–Crippen LogP) is 5.77. The minimum Gasteiger partial charge on any atom is -0.295 e. The van der Waals surface area contributed by atoms with Gasteiger partial charge in [-0.25, -0.2) is 9.37 Å². The van der Waals surface area contributed by atoms with Crippen LogP contribution in [0.5, 0.6) is 0 Å². The first-order chi connectivity index (χ1) is 9.99. The highest BCUT2D eigenvalue weighted by atomic mass is 35.5. The average Bonchev–Trinajstić information content (AvgIpc) is 2.83. The fourth-order valence-electron chi connectivity index (χ4n) is 2.25. The van der Waals surface area contributed by atoms with Crippen LogP contribution in [0.2, 0.25) is 10.0 Å². The molecule has 0 amide bonds. The fourth-order valence-corrected chi connectivity index (χ4v) is 2.72. The number of rotatable bonds is 2. The van der Waals surface area contributed by atoms with Crippen LogP contribution in [0.3, 0.4) is 0 Å². The summed E-state index contributed by atoms with van der Waals surface area (Å²) in [6, 6.07) is 10.0. The largest absolute Gasteiger partial charge is 0.295 e. The Balaban J connectivity index is 2.36. The lowest BCUT2D eigenvalue weighted by Crippen LogP contribution is -2.02. The van der Waals surface area contributed by atoms with Gasteiger partial charge in [-0.2, -0.15) is 0 Å². The minimum atomic E-state index is -0.494. The van der Waals surface area contributed by atoms with Gasteiger partial charge in [-0.15, -0.1) is 11.6 Å². The van der Waals surface area contributed by atoms with Crippen LogP contribution >= 0.6 is 34.8 Å². The van der Waals surface area contributed by atoms with Gasteiger partial charge in [0, 0.05) is 0 Å². The highest BCUT2D eigenvalue weighted by molar-refractivity contribution is 6.35. The summed E-state index contributed by atoms with van der Waals surface area (Å²) in [4.78, 5) is 4.48. The van der Waals surface area contributed by atoms with Crippen LogP contribution in [0.1, 0.15) is 18.1 Å². The van der Waals surface area contributed by atoms with E-state index in [-0.39, 0.29) is 10.4 Å². The lowest BCUT2D eigenvalue weighted by atomic mass is 10.2. The molecule has 0 saturated carbocycles. The molecule has 3 rings (SSSR count). The van der Waals surface area contributed by atoms with Gasteiger partial charge in [0.15, 0.2) is 0 Å². The van der Waals surface area contributed by atoms with Crippen molar-refractivity contribution in [1.29, 1.82) is 0 Å². The molecule has 1 unspecified atom stereocenters. The fraction of sp³-hybridized carbons (Fsp3) is 0.133. The maximum atomic E-state index is 13.8. The van der Waals surface area contributed by atoms with Gasteiger partial charge in [0.1, 0.15) is 17.2 Å². The van der Waals surface area contributed by atoms with E-state index >= 15 is 0 Å². The molecule has 1 atom stereocenters. The van der Waals surface area contributed by atoms with E-state index in [1.165, 1.54) is 12.1 Å². The molecular weight excluding hydrogens is 334 g/mol. The molecule has 108 valence electrons. The van der Waals surface area contributed by atoms with Crippen LogP contribution < -0.4 is 0 Å². The summed E-state index contributed by atoms with van der Waals surface area (Å²) in [6.07, 6.45) is 0. The molecular formula is C15H10Cl3FN2. The number of imidazole rings is 1. The van der Waals surface area contributed by atoms with Crippen molar-refractivity contribution in [2.75, 3.05) is 0 Å². The number of para-hydroxylation sites is 1. The van der Waals surface area contributed by atoms with Crippen molar-refractivity contribution in [2.24, 2.45) is 0 Å². The Morgan fingerprint density at radius 2 is 1.90 bits per heavy atom. The normalized spacial score (nSPS) is 12.8. The first-order valence-electron chi connectivity index (χ1n) is 6.25. The van der Waals surface area contributed by atoms with E-state index in [4.69, 9.17) is 34.8 Å². The van der Waals surface area contributed by atoms with Crippen molar-refractivity contribution in [2.45, 2.75) is 12.3 Å². The number of nitrogens with zero attached hydrogens (tertiary/aromatic N) is 2. The van der Waals surface area contributed by atoms with Crippen LogP contribution in [0.15, 0.2) is 36.4 Å². The highest BCUT2D eigenvalue weighted by Crippen LogP contribution is 2.32. The molecule has 0 radical (unpaired) electrons. The first kappa shape index (κ1) is 14.6. The molecule has 3 aromatic rings. The third-order valence-corrected chi connectivity index (χ3v) is 3.99. The van der Waals surface area contributed by atoms with Crippen molar-refractivity contribution in [3.8, 4) is 5.69 Å². The second-order valence-corrected chi connectivity index (χ2v) is 6.10. The Labute approximate surface area is 136 Å². The number of benzene rings is 2. The second kappa shape index (κ2) is 5.48. The third kappa shape index (κ3) is 2.50. The molecule has 0 bridgehead atoms. The van der Waals surface area contributed by atoms with E-state index in [0.717, 1.165) is 5.52 Å². The monoisotopic (exact) mass is 342 g/mol. The number of halogens is 4. The van der Waals surface area contributed by atoms with Crippen LogP contribution in [0.4, 0.5) is 4.39 Å². The molecule has 0 saturated heterocycles. The standard InChI is InChI=1S/C15H10Cl3FN2/c1-8(16)15-20-14-11(18)3-2-4-13(14)21(15)9-5-6-10(17)12(19)7-9/h2-8H,1H3. The zero-order valence-electron chi connectivity index (χ0n) is 10.9. The Morgan fingerprint density at radius 3 is 2.57 bits per heavy atom. The van der Waals surface area contributed by atoms with Gasteiger partial charge in [0.25, 0.3) is 0 Å². The average molecular weight is 344 g/mol. The summed E-state index contributed by atoms with van der Waals surface area (Å²) in [7, 11) is 0. The van der Waals surface area contributed by atoms with E-state index in [0.29, 0.717) is 22.1 Å². The van der Waals surface area contributed by atoms with Gasteiger partial charge in [-0.1, -0.05) is 29.3 Å². The van der Waals surface area contributed by atoms with Gasteiger partial charge in [-0.3, -0.25) is 4.57 Å². The molecule has 0 aliphatic carbocycles. The molecule has 0 spiro atoms. The number of hydrogen-bond donors (Lipinski definition) is 0. The first-order valence-corrected chi connectivity index (χ1v) is 7.44. The highest BCUT2D eigenvalue weighted by Gasteiger charge is 2.18. The Morgan fingerprint density at radius 1 is 1.14 bits per heavy atom. The SMILES string of the molecule is CC(Cl)c1nc2c(Cl)cccc2n1-c1ccc(Cl)c(F)c1. The molecule has 0 fully saturated rings. The number of fused-ring (bicyclic) bond motifs is 1. The summed E-state index contributed by atoms with van der Waals surface area (Å²) in [5.41, 5.74) is 2.01. The maximum Gasteiger partial charge on any atom is 0.143 e. The maximum absolute atomic E-state index is 13.8. The number of hydrogen-bond acceptors (Lipinski definition) is 1. The molecule has 0 N–H and O–H groups in total. The molecule has 21 heavy (non-hydrogen) atoms. The van der Waals surface area contributed by atoms with E-state index < -0.39 is 5.82 Å². The quantitative estimate of drug-likeness (QED) is 0.540. The van der Waals surface area contributed by atoms with Crippen LogP contribution in [0, 0.1) is 5.82 Å². The van der Waals surface area contributed by atoms with Gasteiger partial charge in [0.05, 0.1) is 26.6 Å². The van der Waals surface area contributed by atoms with Crippen molar-refractivity contribution in [3.05, 3.63) is 58.1 Å². The molecule has 6 heteroatoms. The Hall–Kier alpha value is -1.29. The Bertz CT molecular complexity index is 827. The van der Waals surface area contributed by atoms with Gasteiger partial charge < -0.3 is 0 Å². The van der Waals surface area contributed by atoms with Gasteiger partial charge in [0.2, 0.25) is 0 Å². The Kier molecular flexibility index (Phi) is 3.82. The number of alkyl halides is 1. The molecule has 0 aliphatic heterocycles. The van der Waals surface area contributed by atoms with Crippen LogP contribution in [-0.4, -0.2) is 9.55 Å². The van der Waals surface area contributed by atoms with Crippen molar-refractivity contribution in [1.82, 2.24) is 9.55 Å². The van der Waals surface area contributed by atoms with Crippen molar-refractivity contribution >= 4 is 45.8 Å². The zero-order chi connectivity index (χ0) is 15.1. The summed E-state index contributed by atoms with van der Waals surface area (Å²) in [6.45, 7) is 1.81. The summed E-state index contributed by atoms with van der Waals surface area (Å²) < 4.78 is 15.5. The number of aromatic nitrogens is 2. The van der Waals surface area contributed by atoms with Gasteiger partial charge in [-0.05, 0) is 37.3 Å².